The maximum atomic E-state index is 5.05. The number of hydrogen-bond acceptors (Lipinski definition) is 4. The fourth-order valence-corrected chi connectivity index (χ4v) is 4.58. The van der Waals surface area contributed by atoms with E-state index in [9.17, 15) is 0 Å². The van der Waals surface area contributed by atoms with E-state index < -0.39 is 0 Å². The summed E-state index contributed by atoms with van der Waals surface area (Å²) < 4.78 is 2.01. The first-order chi connectivity index (χ1) is 17.3. The normalized spacial score (nSPS) is 15.7. The maximum Gasteiger partial charge on any atom is 0.230 e. The number of hydrazone groups is 1. The molecule has 0 saturated carbocycles. The number of aryl methyl sites for hydroxylation is 1. The van der Waals surface area contributed by atoms with E-state index in [-0.39, 0.29) is 6.04 Å². The summed E-state index contributed by atoms with van der Waals surface area (Å²) in [4.78, 5) is 9.27. The summed E-state index contributed by atoms with van der Waals surface area (Å²) in [7, 11) is 1.99. The van der Waals surface area contributed by atoms with E-state index in [2.05, 4.69) is 99.9 Å². The smallest absolute Gasteiger partial charge is 0.230 e. The van der Waals surface area contributed by atoms with Gasteiger partial charge in [-0.15, -0.1) is 0 Å². The highest BCUT2D eigenvalue weighted by Gasteiger charge is 2.29. The Hall–Kier alpha value is -4.51. The molecule has 1 unspecified atom stereocenters. The minimum absolute atomic E-state index is 0.158. The third kappa shape index (κ3) is 4.13. The summed E-state index contributed by atoms with van der Waals surface area (Å²) in [6.07, 6.45) is 2.73. The van der Waals surface area contributed by atoms with Crippen LogP contribution in [0.4, 0.5) is 11.6 Å². The standard InChI is InChI=1S/C30H25N5/c1-34-28-15-9-8-14-26(28)32-30(34)31-21-22-16-18-25(19-17-22)35-29(24-12-6-3-7-13-24)20-27(33-35)23-10-4-2-5-11-23/h2-19,21,29H,20H2,1H3. The van der Waals surface area contributed by atoms with Gasteiger partial charge in [-0.2, -0.15) is 5.10 Å². The van der Waals surface area contributed by atoms with Crippen molar-refractivity contribution in [2.24, 2.45) is 17.1 Å². The second-order valence-corrected chi connectivity index (χ2v) is 8.70. The summed E-state index contributed by atoms with van der Waals surface area (Å²) in [6, 6.07) is 37.7. The van der Waals surface area contributed by atoms with Gasteiger partial charge >= 0.3 is 0 Å². The van der Waals surface area contributed by atoms with Crippen LogP contribution in [0.3, 0.4) is 0 Å². The van der Waals surface area contributed by atoms with Crippen molar-refractivity contribution in [3.8, 4) is 0 Å². The van der Waals surface area contributed by atoms with Crippen molar-refractivity contribution in [1.29, 1.82) is 0 Å². The van der Waals surface area contributed by atoms with Crippen molar-refractivity contribution in [2.75, 3.05) is 5.01 Å². The highest BCUT2D eigenvalue weighted by molar-refractivity contribution is 6.03. The van der Waals surface area contributed by atoms with Crippen molar-refractivity contribution in [2.45, 2.75) is 12.5 Å². The zero-order chi connectivity index (χ0) is 23.6. The van der Waals surface area contributed by atoms with Gasteiger partial charge in [0.05, 0.1) is 28.5 Å². The Labute approximate surface area is 204 Å². The van der Waals surface area contributed by atoms with Crippen LogP contribution in [0.5, 0.6) is 0 Å². The van der Waals surface area contributed by atoms with Crippen LogP contribution in [-0.2, 0) is 7.05 Å². The van der Waals surface area contributed by atoms with Crippen molar-refractivity contribution >= 4 is 34.6 Å². The van der Waals surface area contributed by atoms with Crippen molar-refractivity contribution in [3.63, 3.8) is 0 Å². The lowest BCUT2D eigenvalue weighted by Gasteiger charge is -2.24. The molecule has 35 heavy (non-hydrogen) atoms. The fraction of sp³-hybridized carbons (Fsp3) is 0.100. The number of nitrogens with zero attached hydrogens (tertiary/aromatic N) is 5. The van der Waals surface area contributed by atoms with Gasteiger partial charge in [0, 0.05) is 19.7 Å². The molecule has 1 aliphatic rings. The third-order valence-corrected chi connectivity index (χ3v) is 6.45. The topological polar surface area (TPSA) is 45.8 Å². The van der Waals surface area contributed by atoms with E-state index in [4.69, 9.17) is 5.10 Å². The number of imidazole rings is 1. The number of aliphatic imine (C=N–C) groups is 1. The molecule has 1 aromatic heterocycles. The summed E-state index contributed by atoms with van der Waals surface area (Å²) in [5, 5.41) is 7.19. The molecule has 0 aliphatic carbocycles. The van der Waals surface area contributed by atoms with Crippen LogP contribution in [0.2, 0.25) is 0 Å². The largest absolute Gasteiger partial charge is 0.311 e. The number of para-hydroxylation sites is 2. The average Bonchev–Trinajstić information content (AvgIpc) is 3.51. The number of anilines is 1. The molecule has 5 aromatic rings. The first kappa shape index (κ1) is 21.1. The quantitative estimate of drug-likeness (QED) is 0.278. The Morgan fingerprint density at radius 2 is 1.49 bits per heavy atom. The Kier molecular flexibility index (Phi) is 5.43. The van der Waals surface area contributed by atoms with Crippen molar-refractivity contribution in [1.82, 2.24) is 9.55 Å². The van der Waals surface area contributed by atoms with Gasteiger partial charge in [-0.3, -0.25) is 5.01 Å². The second-order valence-electron chi connectivity index (χ2n) is 8.70. The first-order valence-electron chi connectivity index (χ1n) is 11.8. The highest BCUT2D eigenvalue weighted by Crippen LogP contribution is 2.36. The van der Waals surface area contributed by atoms with Gasteiger partial charge in [0.2, 0.25) is 5.95 Å². The Morgan fingerprint density at radius 3 is 2.23 bits per heavy atom. The zero-order valence-electron chi connectivity index (χ0n) is 19.5. The molecule has 5 nitrogen and oxygen atoms in total. The van der Waals surface area contributed by atoms with Gasteiger partial charge in [-0.05, 0) is 41.0 Å². The van der Waals surface area contributed by atoms with Crippen LogP contribution < -0.4 is 5.01 Å². The molecule has 0 radical (unpaired) electrons. The summed E-state index contributed by atoms with van der Waals surface area (Å²) >= 11 is 0. The van der Waals surface area contributed by atoms with Crippen LogP contribution in [0.1, 0.15) is 29.2 Å². The molecule has 170 valence electrons. The van der Waals surface area contributed by atoms with E-state index in [1.807, 2.05) is 42.1 Å². The van der Waals surface area contributed by atoms with Crippen LogP contribution in [0.25, 0.3) is 11.0 Å². The van der Waals surface area contributed by atoms with Crippen LogP contribution in [-0.4, -0.2) is 21.5 Å². The van der Waals surface area contributed by atoms with Gasteiger partial charge < -0.3 is 4.57 Å². The molecule has 5 heteroatoms. The highest BCUT2D eigenvalue weighted by atomic mass is 15.5. The maximum absolute atomic E-state index is 5.05. The van der Waals surface area contributed by atoms with Crippen molar-refractivity contribution in [3.05, 3.63) is 126 Å². The minimum atomic E-state index is 0.158. The fourth-order valence-electron chi connectivity index (χ4n) is 4.58. The second kappa shape index (κ2) is 9.03. The van der Waals surface area contributed by atoms with E-state index in [1.165, 1.54) is 11.1 Å². The monoisotopic (exact) mass is 455 g/mol. The zero-order valence-corrected chi connectivity index (χ0v) is 19.5. The van der Waals surface area contributed by atoms with Gasteiger partial charge in [0.15, 0.2) is 0 Å². The molecule has 0 amide bonds. The summed E-state index contributed by atoms with van der Waals surface area (Å²) in [5.74, 6) is 0.691. The molecule has 4 aromatic carbocycles. The third-order valence-electron chi connectivity index (χ3n) is 6.45. The molecular formula is C30H25N5. The molecular weight excluding hydrogens is 430 g/mol. The molecule has 2 heterocycles. The molecule has 0 bridgehead atoms. The molecule has 0 fully saturated rings. The summed E-state index contributed by atoms with van der Waals surface area (Å²) in [5.41, 5.74) is 7.63. The number of hydrogen-bond donors (Lipinski definition) is 0. The predicted octanol–water partition coefficient (Wildman–Crippen LogP) is 6.68. The number of aromatic nitrogens is 2. The Bertz CT molecular complexity index is 1520. The van der Waals surface area contributed by atoms with Gasteiger partial charge in [-0.25, -0.2) is 9.98 Å². The van der Waals surface area contributed by atoms with E-state index in [0.717, 1.165) is 34.4 Å². The number of rotatable bonds is 5. The first-order valence-corrected chi connectivity index (χ1v) is 11.8. The lowest BCUT2D eigenvalue weighted by molar-refractivity contribution is 0.709. The molecule has 0 saturated heterocycles. The number of benzene rings is 4. The minimum Gasteiger partial charge on any atom is -0.311 e. The molecule has 0 spiro atoms. The summed E-state index contributed by atoms with van der Waals surface area (Å²) in [6.45, 7) is 0. The molecule has 1 aliphatic heterocycles. The lowest BCUT2D eigenvalue weighted by atomic mass is 9.98. The Balaban J connectivity index is 1.29. The SMILES string of the molecule is Cn1c(N=Cc2ccc(N3N=C(c4ccccc4)CC3c3ccccc3)cc2)nc2ccccc21. The van der Waals surface area contributed by atoms with Crippen molar-refractivity contribution < 1.29 is 0 Å². The number of fused-ring (bicyclic) bond motifs is 1. The average molecular weight is 456 g/mol. The van der Waals surface area contributed by atoms with Crippen LogP contribution in [0.15, 0.2) is 119 Å². The molecule has 0 N–H and O–H groups in total. The predicted molar refractivity (Wildman–Crippen MR) is 144 cm³/mol. The molecule has 6 rings (SSSR count). The van der Waals surface area contributed by atoms with Gasteiger partial charge in [0.1, 0.15) is 0 Å². The molecule has 1 atom stereocenters. The van der Waals surface area contributed by atoms with E-state index >= 15 is 0 Å². The van der Waals surface area contributed by atoms with E-state index in [0.29, 0.717) is 5.95 Å². The lowest BCUT2D eigenvalue weighted by Crippen LogP contribution is -2.18. The van der Waals surface area contributed by atoms with Gasteiger partial charge in [0.25, 0.3) is 0 Å². The van der Waals surface area contributed by atoms with E-state index in [1.54, 1.807) is 0 Å². The van der Waals surface area contributed by atoms with Gasteiger partial charge in [-0.1, -0.05) is 84.9 Å². The Morgan fingerprint density at radius 1 is 0.800 bits per heavy atom. The van der Waals surface area contributed by atoms with Crippen LogP contribution in [0, 0.1) is 0 Å². The van der Waals surface area contributed by atoms with Crippen LogP contribution >= 0.6 is 0 Å².